The van der Waals surface area contributed by atoms with Crippen molar-refractivity contribution >= 4 is 12.0 Å². The van der Waals surface area contributed by atoms with E-state index in [0.29, 0.717) is 12.4 Å². The summed E-state index contributed by atoms with van der Waals surface area (Å²) in [4.78, 5) is 12.6. The van der Waals surface area contributed by atoms with Crippen LogP contribution in [0.3, 0.4) is 0 Å². The molecule has 2 atom stereocenters. The van der Waals surface area contributed by atoms with E-state index in [4.69, 9.17) is 18.9 Å². The monoisotopic (exact) mass is 416 g/mol. The summed E-state index contributed by atoms with van der Waals surface area (Å²) >= 11 is 0. The highest BCUT2D eigenvalue weighted by Crippen LogP contribution is 2.47. The molecule has 5 nitrogen and oxygen atoms in total. The van der Waals surface area contributed by atoms with Gasteiger partial charge < -0.3 is 18.9 Å². The van der Waals surface area contributed by atoms with Crippen molar-refractivity contribution in [3.8, 4) is 11.5 Å². The molecule has 0 amide bonds. The molecule has 0 saturated carbocycles. The van der Waals surface area contributed by atoms with Gasteiger partial charge in [-0.25, -0.2) is 0 Å². The summed E-state index contributed by atoms with van der Waals surface area (Å²) in [5.74, 6) is 0.553. The Morgan fingerprint density at radius 2 is 1.77 bits per heavy atom. The van der Waals surface area contributed by atoms with Gasteiger partial charge in [-0.2, -0.15) is 0 Å². The van der Waals surface area contributed by atoms with E-state index in [9.17, 15) is 4.79 Å². The molecule has 0 aliphatic carbocycles. The molecular weight excluding hydrogens is 392 g/mol. The quantitative estimate of drug-likeness (QED) is 0.388. The van der Waals surface area contributed by atoms with Crippen LogP contribution in [0.4, 0.5) is 0 Å². The standard InChI is InChI=1S/C26H24O5/c1-28-15-14-18-8-13-23-22(16-18)24(26(27)29-2)25(31-23)20-9-11-21(12-10-20)30-17-19-6-4-3-5-7-19/h3-16,24-25H,17H2,1-2H3/t24-,25+/m0/s1. The third-order valence-electron chi connectivity index (χ3n) is 5.23. The summed E-state index contributed by atoms with van der Waals surface area (Å²) in [6.45, 7) is 0.494. The molecule has 1 heterocycles. The summed E-state index contributed by atoms with van der Waals surface area (Å²) in [6.07, 6.45) is 2.96. The lowest BCUT2D eigenvalue weighted by atomic mass is 9.90. The van der Waals surface area contributed by atoms with Crippen molar-refractivity contribution in [2.75, 3.05) is 14.2 Å². The van der Waals surface area contributed by atoms with E-state index < -0.39 is 12.0 Å². The normalized spacial score (nSPS) is 17.1. The van der Waals surface area contributed by atoms with Crippen molar-refractivity contribution in [3.63, 3.8) is 0 Å². The Kier molecular flexibility index (Phi) is 6.22. The number of fused-ring (bicyclic) bond motifs is 1. The van der Waals surface area contributed by atoms with Gasteiger partial charge in [0, 0.05) is 5.56 Å². The largest absolute Gasteiger partial charge is 0.504 e. The lowest BCUT2D eigenvalue weighted by Crippen LogP contribution is -2.20. The van der Waals surface area contributed by atoms with Crippen LogP contribution in [0.2, 0.25) is 0 Å². The van der Waals surface area contributed by atoms with Crippen LogP contribution in [0.15, 0.2) is 79.1 Å². The highest BCUT2D eigenvalue weighted by atomic mass is 16.5. The third-order valence-corrected chi connectivity index (χ3v) is 5.23. The molecule has 0 fully saturated rings. The van der Waals surface area contributed by atoms with Gasteiger partial charge in [0.25, 0.3) is 0 Å². The predicted octanol–water partition coefficient (Wildman–Crippen LogP) is 5.27. The molecule has 0 N–H and O–H groups in total. The Hall–Kier alpha value is -3.73. The Bertz CT molecular complexity index is 1060. The van der Waals surface area contributed by atoms with Crippen molar-refractivity contribution in [2.45, 2.75) is 18.6 Å². The van der Waals surface area contributed by atoms with Crippen LogP contribution in [0, 0.1) is 0 Å². The van der Waals surface area contributed by atoms with Crippen LogP contribution in [0.25, 0.3) is 6.08 Å². The van der Waals surface area contributed by atoms with Crippen molar-refractivity contribution in [1.29, 1.82) is 0 Å². The predicted molar refractivity (Wildman–Crippen MR) is 118 cm³/mol. The molecule has 1 aliphatic heterocycles. The first kappa shape index (κ1) is 20.5. The van der Waals surface area contributed by atoms with E-state index in [2.05, 4.69) is 0 Å². The zero-order valence-electron chi connectivity index (χ0n) is 17.5. The minimum absolute atomic E-state index is 0.332. The fourth-order valence-corrected chi connectivity index (χ4v) is 3.67. The van der Waals surface area contributed by atoms with Crippen LogP contribution >= 0.6 is 0 Å². The van der Waals surface area contributed by atoms with Crippen molar-refractivity contribution in [2.24, 2.45) is 0 Å². The Balaban J connectivity index is 1.54. The average molecular weight is 416 g/mol. The van der Waals surface area contributed by atoms with Crippen LogP contribution < -0.4 is 9.47 Å². The molecule has 158 valence electrons. The zero-order valence-corrected chi connectivity index (χ0v) is 17.5. The van der Waals surface area contributed by atoms with Gasteiger partial charge in [-0.05, 0) is 47.0 Å². The van der Waals surface area contributed by atoms with Crippen LogP contribution in [0.5, 0.6) is 11.5 Å². The van der Waals surface area contributed by atoms with Crippen LogP contribution in [0.1, 0.15) is 34.3 Å². The van der Waals surface area contributed by atoms with Gasteiger partial charge in [0.1, 0.15) is 30.1 Å². The second-order valence-electron chi connectivity index (χ2n) is 7.22. The van der Waals surface area contributed by atoms with Crippen LogP contribution in [-0.4, -0.2) is 20.2 Å². The van der Waals surface area contributed by atoms with Gasteiger partial charge in [-0.15, -0.1) is 0 Å². The number of carbonyl (C=O) groups excluding carboxylic acids is 1. The minimum Gasteiger partial charge on any atom is -0.504 e. The summed E-state index contributed by atoms with van der Waals surface area (Å²) in [5, 5.41) is 0. The average Bonchev–Trinajstić information content (AvgIpc) is 3.20. The second-order valence-corrected chi connectivity index (χ2v) is 7.22. The smallest absolute Gasteiger partial charge is 0.317 e. The van der Waals surface area contributed by atoms with E-state index >= 15 is 0 Å². The van der Waals surface area contributed by atoms with Crippen molar-refractivity contribution in [3.05, 3.63) is 101 Å². The fraction of sp³-hybridized carbons (Fsp3) is 0.192. The molecule has 0 bridgehead atoms. The van der Waals surface area contributed by atoms with E-state index in [1.807, 2.05) is 78.9 Å². The number of rotatable bonds is 7. The molecule has 0 aromatic heterocycles. The zero-order chi connectivity index (χ0) is 21.6. The molecule has 0 unspecified atom stereocenters. The number of esters is 1. The summed E-state index contributed by atoms with van der Waals surface area (Å²) < 4.78 is 22.1. The Labute approximate surface area is 181 Å². The van der Waals surface area contributed by atoms with Gasteiger partial charge in [-0.3, -0.25) is 4.79 Å². The highest BCUT2D eigenvalue weighted by Gasteiger charge is 2.41. The van der Waals surface area contributed by atoms with E-state index in [0.717, 1.165) is 28.0 Å². The highest BCUT2D eigenvalue weighted by molar-refractivity contribution is 5.82. The first-order valence-electron chi connectivity index (χ1n) is 10.0. The number of carbonyl (C=O) groups is 1. The molecule has 31 heavy (non-hydrogen) atoms. The van der Waals surface area contributed by atoms with Gasteiger partial charge in [-0.1, -0.05) is 48.5 Å². The molecule has 0 radical (unpaired) electrons. The van der Waals surface area contributed by atoms with Crippen LogP contribution in [-0.2, 0) is 20.9 Å². The lowest BCUT2D eigenvalue weighted by Gasteiger charge is -2.18. The molecule has 0 saturated heterocycles. The van der Waals surface area contributed by atoms with E-state index in [1.165, 1.54) is 7.11 Å². The molecule has 3 aromatic carbocycles. The Morgan fingerprint density at radius 3 is 2.48 bits per heavy atom. The minimum atomic E-state index is -0.549. The van der Waals surface area contributed by atoms with Crippen molar-refractivity contribution < 1.29 is 23.7 Å². The summed E-state index contributed by atoms with van der Waals surface area (Å²) in [7, 11) is 2.99. The molecule has 4 rings (SSSR count). The summed E-state index contributed by atoms with van der Waals surface area (Å²) in [5.41, 5.74) is 3.71. The Morgan fingerprint density at radius 1 is 1.00 bits per heavy atom. The number of hydrogen-bond donors (Lipinski definition) is 0. The maximum Gasteiger partial charge on any atom is 0.317 e. The molecular formula is C26H24O5. The van der Waals surface area contributed by atoms with Gasteiger partial charge >= 0.3 is 5.97 Å². The number of methoxy groups -OCH3 is 2. The second kappa shape index (κ2) is 9.39. The third kappa shape index (κ3) is 4.56. The SMILES string of the molecule is COC=Cc1ccc2c(c1)[C@H](C(=O)OC)[C@@H](c1ccc(OCc3ccccc3)cc1)O2. The van der Waals surface area contributed by atoms with Gasteiger partial charge in [0.15, 0.2) is 0 Å². The topological polar surface area (TPSA) is 54.0 Å². The van der Waals surface area contributed by atoms with E-state index in [-0.39, 0.29) is 5.97 Å². The maximum absolute atomic E-state index is 12.6. The first-order valence-corrected chi connectivity index (χ1v) is 10.0. The molecule has 0 spiro atoms. The van der Waals surface area contributed by atoms with E-state index in [1.54, 1.807) is 13.4 Å². The lowest BCUT2D eigenvalue weighted by molar-refractivity contribution is -0.144. The van der Waals surface area contributed by atoms with Gasteiger partial charge in [0.2, 0.25) is 0 Å². The molecule has 3 aromatic rings. The number of benzene rings is 3. The molecule has 1 aliphatic rings. The number of ether oxygens (including phenoxy) is 4. The first-order chi connectivity index (χ1) is 15.2. The molecule has 5 heteroatoms. The van der Waals surface area contributed by atoms with Crippen molar-refractivity contribution in [1.82, 2.24) is 0 Å². The number of hydrogen-bond acceptors (Lipinski definition) is 5. The maximum atomic E-state index is 12.6. The fourth-order valence-electron chi connectivity index (χ4n) is 3.67. The van der Waals surface area contributed by atoms with Gasteiger partial charge in [0.05, 0.1) is 20.5 Å². The summed E-state index contributed by atoms with van der Waals surface area (Å²) in [6, 6.07) is 23.4.